The molecule has 0 saturated heterocycles. The Morgan fingerprint density at radius 2 is 1.94 bits per heavy atom. The Morgan fingerprint density at radius 1 is 1.35 bits per heavy atom. The van der Waals surface area contributed by atoms with Gasteiger partial charge in [0.05, 0.1) is 6.42 Å². The highest BCUT2D eigenvalue weighted by atomic mass is 79.9. The highest BCUT2D eigenvalue weighted by Gasteiger charge is 2.14. The van der Waals surface area contributed by atoms with E-state index in [4.69, 9.17) is 11.6 Å². The van der Waals surface area contributed by atoms with Crippen LogP contribution in [0.3, 0.4) is 0 Å². The second kappa shape index (κ2) is 7.02. The fraction of sp³-hybridized carbons (Fsp3) is 0.462. The number of benzene rings is 1. The molecule has 17 heavy (non-hydrogen) atoms. The normalized spacial score (nSPS) is 12.5. The molecular formula is C13H17BrClNO. The zero-order valence-electron chi connectivity index (χ0n) is 10.0. The first kappa shape index (κ1) is 14.5. The molecule has 2 nitrogen and oxygen atoms in total. The molecule has 0 aliphatic heterocycles. The Balaban J connectivity index is 2.52. The summed E-state index contributed by atoms with van der Waals surface area (Å²) in [6.07, 6.45) is 0.396. The number of amides is 1. The van der Waals surface area contributed by atoms with Gasteiger partial charge in [-0.1, -0.05) is 41.9 Å². The molecule has 0 fully saturated rings. The van der Waals surface area contributed by atoms with Gasteiger partial charge in [-0.2, -0.15) is 0 Å². The van der Waals surface area contributed by atoms with Gasteiger partial charge in [0.2, 0.25) is 5.91 Å². The van der Waals surface area contributed by atoms with E-state index in [9.17, 15) is 4.79 Å². The average molecular weight is 319 g/mol. The van der Waals surface area contributed by atoms with Crippen molar-refractivity contribution in [3.63, 3.8) is 0 Å². The van der Waals surface area contributed by atoms with E-state index in [-0.39, 0.29) is 11.9 Å². The van der Waals surface area contributed by atoms with Crippen LogP contribution in [0.25, 0.3) is 0 Å². The smallest absolute Gasteiger partial charge is 0.224 e. The van der Waals surface area contributed by atoms with Gasteiger partial charge in [0.25, 0.3) is 0 Å². The van der Waals surface area contributed by atoms with Crippen LogP contribution in [0.15, 0.2) is 28.7 Å². The Morgan fingerprint density at radius 3 is 2.41 bits per heavy atom. The third kappa shape index (κ3) is 5.09. The number of hydrogen-bond acceptors (Lipinski definition) is 1. The van der Waals surface area contributed by atoms with Gasteiger partial charge >= 0.3 is 0 Å². The number of nitrogens with one attached hydrogen (secondary N) is 1. The summed E-state index contributed by atoms with van der Waals surface area (Å²) < 4.78 is 1.02. The minimum atomic E-state index is 0.0201. The van der Waals surface area contributed by atoms with Crippen molar-refractivity contribution in [2.24, 2.45) is 5.92 Å². The van der Waals surface area contributed by atoms with Gasteiger partial charge < -0.3 is 5.32 Å². The van der Waals surface area contributed by atoms with Crippen molar-refractivity contribution in [2.75, 3.05) is 5.88 Å². The quantitative estimate of drug-likeness (QED) is 0.829. The van der Waals surface area contributed by atoms with Crippen molar-refractivity contribution in [1.82, 2.24) is 5.32 Å². The van der Waals surface area contributed by atoms with Crippen molar-refractivity contribution in [1.29, 1.82) is 0 Å². The van der Waals surface area contributed by atoms with Crippen LogP contribution in [-0.4, -0.2) is 17.8 Å². The topological polar surface area (TPSA) is 29.1 Å². The van der Waals surface area contributed by atoms with Crippen molar-refractivity contribution in [3.05, 3.63) is 34.3 Å². The third-order valence-corrected chi connectivity index (χ3v) is 3.46. The van der Waals surface area contributed by atoms with E-state index >= 15 is 0 Å². The molecule has 1 atom stereocenters. The van der Waals surface area contributed by atoms with Crippen LogP contribution in [0.1, 0.15) is 19.4 Å². The molecular weight excluding hydrogens is 302 g/mol. The monoisotopic (exact) mass is 317 g/mol. The number of alkyl halides is 1. The van der Waals surface area contributed by atoms with Gasteiger partial charge in [-0.3, -0.25) is 4.79 Å². The third-order valence-electron chi connectivity index (χ3n) is 2.60. The van der Waals surface area contributed by atoms with Gasteiger partial charge in [0, 0.05) is 16.4 Å². The highest BCUT2D eigenvalue weighted by Crippen LogP contribution is 2.11. The number of hydrogen-bond donors (Lipinski definition) is 1. The molecule has 1 N–H and O–H groups in total. The predicted molar refractivity (Wildman–Crippen MR) is 75.3 cm³/mol. The molecule has 0 spiro atoms. The zero-order valence-corrected chi connectivity index (χ0v) is 12.4. The summed E-state index contributed by atoms with van der Waals surface area (Å²) in [6, 6.07) is 7.79. The van der Waals surface area contributed by atoms with Crippen LogP contribution in [0.2, 0.25) is 0 Å². The van der Waals surface area contributed by atoms with Gasteiger partial charge in [0.15, 0.2) is 0 Å². The minimum absolute atomic E-state index is 0.0201. The molecule has 1 amide bonds. The van der Waals surface area contributed by atoms with E-state index < -0.39 is 0 Å². The summed E-state index contributed by atoms with van der Waals surface area (Å²) in [4.78, 5) is 11.8. The van der Waals surface area contributed by atoms with Crippen molar-refractivity contribution in [2.45, 2.75) is 26.3 Å². The maximum atomic E-state index is 11.8. The van der Waals surface area contributed by atoms with Crippen LogP contribution >= 0.6 is 27.5 Å². The lowest BCUT2D eigenvalue weighted by Crippen LogP contribution is -2.40. The Kier molecular flexibility index (Phi) is 6.00. The summed E-state index contributed by atoms with van der Waals surface area (Å²) in [6.45, 7) is 4.10. The second-order valence-electron chi connectivity index (χ2n) is 4.38. The first-order valence-electron chi connectivity index (χ1n) is 5.62. The summed E-state index contributed by atoms with van der Waals surface area (Å²) in [7, 11) is 0. The molecule has 1 aromatic carbocycles. The fourth-order valence-corrected chi connectivity index (χ4v) is 2.13. The van der Waals surface area contributed by atoms with Gasteiger partial charge in [-0.15, -0.1) is 11.6 Å². The maximum absolute atomic E-state index is 11.8. The summed E-state index contributed by atoms with van der Waals surface area (Å²) >= 11 is 9.17. The second-order valence-corrected chi connectivity index (χ2v) is 5.60. The highest BCUT2D eigenvalue weighted by molar-refractivity contribution is 9.10. The minimum Gasteiger partial charge on any atom is -0.352 e. The standard InChI is InChI=1S/C13H17BrClNO/c1-9(2)12(8-15)16-13(17)7-10-3-5-11(14)6-4-10/h3-6,9,12H,7-8H2,1-2H3,(H,16,17). The van der Waals surface area contributed by atoms with Gasteiger partial charge in [-0.05, 0) is 23.6 Å². The number of rotatable bonds is 5. The molecule has 0 radical (unpaired) electrons. The van der Waals surface area contributed by atoms with E-state index in [0.717, 1.165) is 10.0 Å². The van der Waals surface area contributed by atoms with E-state index in [1.54, 1.807) is 0 Å². The fourth-order valence-electron chi connectivity index (χ4n) is 1.43. The van der Waals surface area contributed by atoms with Gasteiger partial charge in [0.1, 0.15) is 0 Å². The molecule has 1 rings (SSSR count). The molecule has 4 heteroatoms. The van der Waals surface area contributed by atoms with Crippen LogP contribution < -0.4 is 5.32 Å². The number of halogens is 2. The molecule has 94 valence electrons. The van der Waals surface area contributed by atoms with Crippen LogP contribution in [-0.2, 0) is 11.2 Å². The van der Waals surface area contributed by atoms with E-state index in [0.29, 0.717) is 18.2 Å². The van der Waals surface area contributed by atoms with E-state index in [2.05, 4.69) is 21.2 Å². The van der Waals surface area contributed by atoms with E-state index in [1.807, 2.05) is 38.1 Å². The summed E-state index contributed by atoms with van der Waals surface area (Å²) in [5, 5.41) is 2.95. The maximum Gasteiger partial charge on any atom is 0.224 e. The zero-order chi connectivity index (χ0) is 12.8. The van der Waals surface area contributed by atoms with Crippen molar-refractivity contribution in [3.8, 4) is 0 Å². The Hall–Kier alpha value is -0.540. The molecule has 1 aromatic rings. The predicted octanol–water partition coefficient (Wildman–Crippen LogP) is 3.37. The molecule has 0 bridgehead atoms. The largest absolute Gasteiger partial charge is 0.352 e. The Bertz CT molecular complexity index is 364. The number of carbonyl (C=O) groups excluding carboxylic acids is 1. The first-order valence-corrected chi connectivity index (χ1v) is 6.95. The lowest BCUT2D eigenvalue weighted by molar-refractivity contribution is -0.121. The van der Waals surface area contributed by atoms with Crippen LogP contribution in [0.4, 0.5) is 0 Å². The lowest BCUT2D eigenvalue weighted by Gasteiger charge is -2.19. The molecule has 0 heterocycles. The van der Waals surface area contributed by atoms with Crippen LogP contribution in [0, 0.1) is 5.92 Å². The first-order chi connectivity index (χ1) is 8.02. The molecule has 0 saturated carbocycles. The van der Waals surface area contributed by atoms with E-state index in [1.165, 1.54) is 0 Å². The molecule has 1 unspecified atom stereocenters. The average Bonchev–Trinajstić information content (AvgIpc) is 2.28. The SMILES string of the molecule is CC(C)C(CCl)NC(=O)Cc1ccc(Br)cc1. The Labute approximate surface area is 116 Å². The van der Waals surface area contributed by atoms with Crippen molar-refractivity contribution < 1.29 is 4.79 Å². The molecule has 0 aliphatic carbocycles. The summed E-state index contributed by atoms with van der Waals surface area (Å²) in [5.41, 5.74) is 1.00. The molecule has 0 aromatic heterocycles. The summed E-state index contributed by atoms with van der Waals surface area (Å²) in [5.74, 6) is 0.817. The number of carbonyl (C=O) groups is 1. The van der Waals surface area contributed by atoms with Crippen molar-refractivity contribution >= 4 is 33.4 Å². The van der Waals surface area contributed by atoms with Crippen LogP contribution in [0.5, 0.6) is 0 Å². The molecule has 0 aliphatic rings. The lowest BCUT2D eigenvalue weighted by atomic mass is 10.1. The van der Waals surface area contributed by atoms with Gasteiger partial charge in [-0.25, -0.2) is 0 Å².